The van der Waals surface area contributed by atoms with E-state index in [-0.39, 0.29) is 5.82 Å². The summed E-state index contributed by atoms with van der Waals surface area (Å²) in [7, 11) is 1.89. The van der Waals surface area contributed by atoms with Gasteiger partial charge in [-0.15, -0.1) is 0 Å². The lowest BCUT2D eigenvalue weighted by Crippen LogP contribution is -2.04. The summed E-state index contributed by atoms with van der Waals surface area (Å²) in [6.45, 7) is 0.782. The van der Waals surface area contributed by atoms with Gasteiger partial charge in [0.15, 0.2) is 0 Å². The third-order valence-electron chi connectivity index (χ3n) is 2.41. The largest absolute Gasteiger partial charge is 0.457 e. The number of rotatable bonds is 4. The van der Waals surface area contributed by atoms with E-state index >= 15 is 0 Å². The van der Waals surface area contributed by atoms with Crippen molar-refractivity contribution in [3.63, 3.8) is 0 Å². The monoisotopic (exact) mass is 309 g/mol. The molecular formula is C14H13BrFNO. The van der Waals surface area contributed by atoms with Crippen molar-refractivity contribution in [2.75, 3.05) is 7.05 Å². The van der Waals surface area contributed by atoms with Gasteiger partial charge in [-0.1, -0.05) is 12.1 Å². The topological polar surface area (TPSA) is 21.3 Å². The SMILES string of the molecule is CNCc1cccc(Oc2ccc(F)c(Br)c2)c1. The Morgan fingerprint density at radius 1 is 1.17 bits per heavy atom. The quantitative estimate of drug-likeness (QED) is 0.918. The number of ether oxygens (including phenoxy) is 1. The Morgan fingerprint density at radius 3 is 2.67 bits per heavy atom. The van der Waals surface area contributed by atoms with Crippen LogP contribution in [-0.2, 0) is 6.54 Å². The van der Waals surface area contributed by atoms with E-state index in [1.54, 1.807) is 12.1 Å². The number of benzene rings is 2. The standard InChI is InChI=1S/C14H13BrFNO/c1-17-9-10-3-2-4-11(7-10)18-12-5-6-14(16)13(15)8-12/h2-8,17H,9H2,1H3. The van der Waals surface area contributed by atoms with Gasteiger partial charge in [-0.05, 0) is 58.9 Å². The maximum atomic E-state index is 13.1. The van der Waals surface area contributed by atoms with Crippen LogP contribution >= 0.6 is 15.9 Å². The number of halogens is 2. The first-order valence-electron chi connectivity index (χ1n) is 5.55. The first-order chi connectivity index (χ1) is 8.69. The third-order valence-corrected chi connectivity index (χ3v) is 3.01. The first-order valence-corrected chi connectivity index (χ1v) is 6.35. The molecule has 94 valence electrons. The maximum Gasteiger partial charge on any atom is 0.137 e. The van der Waals surface area contributed by atoms with E-state index in [9.17, 15) is 4.39 Å². The van der Waals surface area contributed by atoms with Crippen LogP contribution in [0, 0.1) is 5.82 Å². The summed E-state index contributed by atoms with van der Waals surface area (Å²) in [6, 6.07) is 12.4. The normalized spacial score (nSPS) is 10.4. The maximum absolute atomic E-state index is 13.1. The molecule has 2 rings (SSSR count). The van der Waals surface area contributed by atoms with Crippen molar-refractivity contribution in [3.05, 3.63) is 58.3 Å². The second kappa shape index (κ2) is 5.98. The highest BCUT2D eigenvalue weighted by Crippen LogP contribution is 2.26. The lowest BCUT2D eigenvalue weighted by atomic mass is 10.2. The van der Waals surface area contributed by atoms with Crippen molar-refractivity contribution in [1.82, 2.24) is 5.32 Å². The third kappa shape index (κ3) is 3.31. The molecule has 18 heavy (non-hydrogen) atoms. The van der Waals surface area contributed by atoms with Crippen molar-refractivity contribution < 1.29 is 9.13 Å². The predicted molar refractivity (Wildman–Crippen MR) is 73.4 cm³/mol. The lowest BCUT2D eigenvalue weighted by molar-refractivity contribution is 0.479. The second-order valence-electron chi connectivity index (χ2n) is 3.86. The highest BCUT2D eigenvalue weighted by molar-refractivity contribution is 9.10. The van der Waals surface area contributed by atoms with Crippen LogP contribution in [0.3, 0.4) is 0 Å². The van der Waals surface area contributed by atoms with Gasteiger partial charge in [0, 0.05) is 6.54 Å². The van der Waals surface area contributed by atoms with Gasteiger partial charge in [0.05, 0.1) is 4.47 Å². The van der Waals surface area contributed by atoms with Crippen LogP contribution in [0.5, 0.6) is 11.5 Å². The van der Waals surface area contributed by atoms with Gasteiger partial charge in [-0.2, -0.15) is 0 Å². The minimum atomic E-state index is -0.300. The summed E-state index contributed by atoms with van der Waals surface area (Å²) in [5, 5.41) is 3.08. The van der Waals surface area contributed by atoms with Crippen LogP contribution in [0.15, 0.2) is 46.9 Å². The van der Waals surface area contributed by atoms with Crippen molar-refractivity contribution in [2.24, 2.45) is 0 Å². The van der Waals surface area contributed by atoms with Gasteiger partial charge < -0.3 is 10.1 Å². The van der Waals surface area contributed by atoms with E-state index < -0.39 is 0 Å². The van der Waals surface area contributed by atoms with Gasteiger partial charge in [0.25, 0.3) is 0 Å². The van der Waals surface area contributed by atoms with E-state index in [4.69, 9.17) is 4.74 Å². The van der Waals surface area contributed by atoms with Gasteiger partial charge in [-0.25, -0.2) is 4.39 Å². The molecule has 0 fully saturated rings. The molecule has 0 amide bonds. The molecule has 0 aromatic heterocycles. The van der Waals surface area contributed by atoms with Crippen LogP contribution in [0.4, 0.5) is 4.39 Å². The fourth-order valence-corrected chi connectivity index (χ4v) is 1.96. The molecule has 0 heterocycles. The molecule has 0 aliphatic heterocycles. The molecule has 2 aromatic rings. The second-order valence-corrected chi connectivity index (χ2v) is 4.71. The Hall–Kier alpha value is -1.39. The molecule has 0 spiro atoms. The number of hydrogen-bond donors (Lipinski definition) is 1. The van der Waals surface area contributed by atoms with E-state index in [0.29, 0.717) is 10.2 Å². The summed E-state index contributed by atoms with van der Waals surface area (Å²) in [4.78, 5) is 0. The van der Waals surface area contributed by atoms with Crippen LogP contribution < -0.4 is 10.1 Å². The summed E-state index contributed by atoms with van der Waals surface area (Å²) < 4.78 is 19.2. The average molecular weight is 310 g/mol. The molecule has 2 aromatic carbocycles. The van der Waals surface area contributed by atoms with E-state index in [0.717, 1.165) is 17.9 Å². The molecule has 0 bridgehead atoms. The van der Waals surface area contributed by atoms with Crippen molar-refractivity contribution >= 4 is 15.9 Å². The van der Waals surface area contributed by atoms with Gasteiger partial charge >= 0.3 is 0 Å². The Balaban J connectivity index is 2.17. The molecule has 0 radical (unpaired) electrons. The van der Waals surface area contributed by atoms with Gasteiger partial charge in [-0.3, -0.25) is 0 Å². The summed E-state index contributed by atoms with van der Waals surface area (Å²) in [6.07, 6.45) is 0. The highest BCUT2D eigenvalue weighted by Gasteiger charge is 2.03. The highest BCUT2D eigenvalue weighted by atomic mass is 79.9. The summed E-state index contributed by atoms with van der Waals surface area (Å²) in [5.74, 6) is 1.04. The number of nitrogens with one attached hydrogen (secondary N) is 1. The van der Waals surface area contributed by atoms with Crippen LogP contribution in [0.25, 0.3) is 0 Å². The van der Waals surface area contributed by atoms with E-state index in [1.807, 2.05) is 31.3 Å². The Kier molecular flexibility index (Phi) is 4.33. The summed E-state index contributed by atoms with van der Waals surface area (Å²) in [5.41, 5.74) is 1.14. The molecule has 0 saturated carbocycles. The Morgan fingerprint density at radius 2 is 1.94 bits per heavy atom. The molecule has 1 N–H and O–H groups in total. The van der Waals surface area contributed by atoms with E-state index in [1.165, 1.54) is 6.07 Å². The number of hydrogen-bond acceptors (Lipinski definition) is 2. The van der Waals surface area contributed by atoms with Crippen molar-refractivity contribution in [3.8, 4) is 11.5 Å². The fraction of sp³-hybridized carbons (Fsp3) is 0.143. The van der Waals surface area contributed by atoms with Gasteiger partial charge in [0.1, 0.15) is 17.3 Å². The molecule has 0 unspecified atom stereocenters. The molecule has 0 aliphatic carbocycles. The molecule has 4 heteroatoms. The minimum absolute atomic E-state index is 0.300. The average Bonchev–Trinajstić information content (AvgIpc) is 2.35. The fourth-order valence-electron chi connectivity index (χ4n) is 1.60. The smallest absolute Gasteiger partial charge is 0.137 e. The molecule has 0 atom stereocenters. The van der Waals surface area contributed by atoms with Crippen molar-refractivity contribution in [2.45, 2.75) is 6.54 Å². The Bertz CT molecular complexity index is 545. The summed E-state index contributed by atoms with van der Waals surface area (Å²) >= 11 is 3.13. The van der Waals surface area contributed by atoms with Crippen LogP contribution in [0.1, 0.15) is 5.56 Å². The molecule has 0 saturated heterocycles. The van der Waals surface area contributed by atoms with Gasteiger partial charge in [0.2, 0.25) is 0 Å². The predicted octanol–water partition coefficient (Wildman–Crippen LogP) is 4.10. The molecular weight excluding hydrogens is 297 g/mol. The van der Waals surface area contributed by atoms with E-state index in [2.05, 4.69) is 21.2 Å². The zero-order valence-corrected chi connectivity index (χ0v) is 11.5. The van der Waals surface area contributed by atoms with Crippen molar-refractivity contribution in [1.29, 1.82) is 0 Å². The zero-order chi connectivity index (χ0) is 13.0. The zero-order valence-electron chi connectivity index (χ0n) is 9.91. The van der Waals surface area contributed by atoms with Crippen LogP contribution in [0.2, 0.25) is 0 Å². The lowest BCUT2D eigenvalue weighted by Gasteiger charge is -2.08. The van der Waals surface area contributed by atoms with Crippen LogP contribution in [-0.4, -0.2) is 7.05 Å². The minimum Gasteiger partial charge on any atom is -0.457 e. The Labute approximate surface area is 114 Å². The molecule has 2 nitrogen and oxygen atoms in total. The molecule has 0 aliphatic rings. The first kappa shape index (κ1) is 13.1.